The molecule has 0 radical (unpaired) electrons. The van der Waals surface area contributed by atoms with Crippen molar-refractivity contribution in [3.63, 3.8) is 0 Å². The molecule has 0 spiro atoms. The van der Waals surface area contributed by atoms with Crippen molar-refractivity contribution in [3.8, 4) is 11.1 Å². The molecule has 2 rings (SSSR count). The van der Waals surface area contributed by atoms with Crippen LogP contribution in [-0.2, 0) is 19.5 Å². The molecule has 0 aliphatic heterocycles. The monoisotopic (exact) mass is 425 g/mol. The molecule has 0 amide bonds. The van der Waals surface area contributed by atoms with Crippen LogP contribution in [0.2, 0.25) is 0 Å². The van der Waals surface area contributed by atoms with Crippen molar-refractivity contribution in [2.45, 2.75) is 25.7 Å². The fourth-order valence-corrected chi connectivity index (χ4v) is 4.04. The molecule has 0 unspecified atom stereocenters. The van der Waals surface area contributed by atoms with Crippen molar-refractivity contribution in [3.05, 3.63) is 35.2 Å². The molecule has 160 valence electrons. The Morgan fingerprint density at radius 3 is 2.41 bits per heavy atom. The first-order chi connectivity index (χ1) is 13.9. The van der Waals surface area contributed by atoms with E-state index in [1.807, 2.05) is 13.0 Å². The van der Waals surface area contributed by atoms with Crippen LogP contribution in [-0.4, -0.2) is 53.1 Å². The van der Waals surface area contributed by atoms with Gasteiger partial charge >= 0.3 is 0 Å². The lowest BCUT2D eigenvalue weighted by molar-refractivity contribution is 0.0510. The molecule has 0 aliphatic carbocycles. The van der Waals surface area contributed by atoms with Gasteiger partial charge in [0.1, 0.15) is 5.76 Å². The smallest absolute Gasteiger partial charge is 0.240 e. The topological polar surface area (TPSA) is 139 Å². The Hall–Kier alpha value is -2.34. The largest absolute Gasteiger partial charge is 0.378 e. The van der Waals surface area contributed by atoms with E-state index in [1.165, 1.54) is 0 Å². The number of aryl methyl sites for hydroxylation is 3. The van der Waals surface area contributed by atoms with Gasteiger partial charge in [-0.05, 0) is 38.0 Å². The van der Waals surface area contributed by atoms with Gasteiger partial charge in [0.15, 0.2) is 0 Å². The highest BCUT2D eigenvalue weighted by atomic mass is 32.2. The van der Waals surface area contributed by atoms with E-state index in [0.717, 1.165) is 11.1 Å². The van der Waals surface area contributed by atoms with Gasteiger partial charge in [0.2, 0.25) is 10.0 Å². The second-order valence-corrected chi connectivity index (χ2v) is 8.06. The molecular weight excluding hydrogens is 398 g/mol. The van der Waals surface area contributed by atoms with Crippen molar-refractivity contribution >= 4 is 10.0 Å². The van der Waals surface area contributed by atoms with Crippen molar-refractivity contribution in [2.24, 2.45) is 5.22 Å². The van der Waals surface area contributed by atoms with E-state index in [9.17, 15) is 8.42 Å². The third-order valence-corrected chi connectivity index (χ3v) is 5.75. The third-order valence-electron chi connectivity index (χ3n) is 4.15. The Morgan fingerprint density at radius 1 is 1.10 bits per heavy atom. The molecule has 2 aromatic rings. The van der Waals surface area contributed by atoms with Crippen LogP contribution >= 0.6 is 0 Å². The van der Waals surface area contributed by atoms with E-state index in [-0.39, 0.29) is 18.0 Å². The third kappa shape index (κ3) is 6.60. The Balaban J connectivity index is 1.88. The SMILES string of the molecule is Cc1ccc(-c2c(C)noc2C)cc1S(=O)(=O)NCCOCCOCCNN=N. The molecule has 1 aromatic carbocycles. The number of sulfonamides is 1. The number of hydrogen-bond donors (Lipinski definition) is 3. The van der Waals surface area contributed by atoms with E-state index in [1.54, 1.807) is 26.0 Å². The number of aromatic nitrogens is 1. The fraction of sp³-hybridized carbons (Fsp3) is 0.500. The van der Waals surface area contributed by atoms with Crippen LogP contribution in [0.3, 0.4) is 0 Å². The van der Waals surface area contributed by atoms with Crippen molar-refractivity contribution in [1.82, 2.24) is 15.3 Å². The Kier molecular flexibility index (Phi) is 8.70. The van der Waals surface area contributed by atoms with Crippen LogP contribution in [0.25, 0.3) is 11.1 Å². The van der Waals surface area contributed by atoms with Gasteiger partial charge in [-0.3, -0.25) is 5.43 Å². The normalized spacial score (nSPS) is 11.6. The molecular formula is C18H27N5O5S. The highest BCUT2D eigenvalue weighted by molar-refractivity contribution is 7.89. The van der Waals surface area contributed by atoms with Gasteiger partial charge in [0.05, 0.1) is 43.6 Å². The minimum Gasteiger partial charge on any atom is -0.378 e. The molecule has 1 aromatic heterocycles. The lowest BCUT2D eigenvalue weighted by Gasteiger charge is -2.12. The van der Waals surface area contributed by atoms with Crippen molar-refractivity contribution in [2.75, 3.05) is 39.5 Å². The molecule has 0 aliphatic rings. The van der Waals surface area contributed by atoms with E-state index in [4.69, 9.17) is 19.5 Å². The lowest BCUT2D eigenvalue weighted by atomic mass is 10.0. The zero-order valence-corrected chi connectivity index (χ0v) is 17.6. The average Bonchev–Trinajstić information content (AvgIpc) is 3.02. The summed E-state index contributed by atoms with van der Waals surface area (Å²) in [6, 6.07) is 5.26. The van der Waals surface area contributed by atoms with Gasteiger partial charge in [0.25, 0.3) is 0 Å². The van der Waals surface area contributed by atoms with Gasteiger partial charge in [-0.2, -0.15) is 5.53 Å². The van der Waals surface area contributed by atoms with E-state index in [2.05, 4.69) is 20.5 Å². The Labute approximate surface area is 170 Å². The highest BCUT2D eigenvalue weighted by Gasteiger charge is 2.19. The van der Waals surface area contributed by atoms with Gasteiger partial charge in [-0.15, -0.1) is 0 Å². The summed E-state index contributed by atoms with van der Waals surface area (Å²) in [4.78, 5) is 0.214. The zero-order chi connectivity index (χ0) is 21.3. The second-order valence-electron chi connectivity index (χ2n) is 6.32. The first-order valence-electron chi connectivity index (χ1n) is 9.15. The molecule has 0 saturated heterocycles. The average molecular weight is 426 g/mol. The number of rotatable bonds is 13. The number of benzene rings is 1. The number of ether oxygens (including phenoxy) is 2. The summed E-state index contributed by atoms with van der Waals surface area (Å²) < 4.78 is 43.8. The molecule has 3 N–H and O–H groups in total. The Morgan fingerprint density at radius 2 is 1.79 bits per heavy atom. The summed E-state index contributed by atoms with van der Waals surface area (Å²) >= 11 is 0. The van der Waals surface area contributed by atoms with Gasteiger partial charge in [-0.25, -0.2) is 13.1 Å². The molecule has 0 atom stereocenters. The summed E-state index contributed by atoms with van der Waals surface area (Å²) in [7, 11) is -3.69. The van der Waals surface area contributed by atoms with Crippen LogP contribution in [0.15, 0.2) is 32.8 Å². The molecule has 10 nitrogen and oxygen atoms in total. The fourth-order valence-electron chi connectivity index (χ4n) is 2.76. The number of hydrogen-bond acceptors (Lipinski definition) is 8. The van der Waals surface area contributed by atoms with Crippen LogP contribution in [0, 0.1) is 26.3 Å². The predicted molar refractivity (Wildman–Crippen MR) is 106 cm³/mol. The molecule has 0 fully saturated rings. The minimum absolute atomic E-state index is 0.149. The lowest BCUT2D eigenvalue weighted by Crippen LogP contribution is -2.28. The van der Waals surface area contributed by atoms with Crippen LogP contribution < -0.4 is 10.1 Å². The highest BCUT2D eigenvalue weighted by Crippen LogP contribution is 2.29. The first-order valence-corrected chi connectivity index (χ1v) is 10.6. The van der Waals surface area contributed by atoms with Crippen molar-refractivity contribution < 1.29 is 22.4 Å². The van der Waals surface area contributed by atoms with Gasteiger partial charge in [0, 0.05) is 12.1 Å². The predicted octanol–water partition coefficient (Wildman–Crippen LogP) is 2.11. The maximum absolute atomic E-state index is 12.7. The zero-order valence-electron chi connectivity index (χ0n) is 16.8. The summed E-state index contributed by atoms with van der Waals surface area (Å²) in [5.41, 5.74) is 11.9. The van der Waals surface area contributed by atoms with E-state index in [0.29, 0.717) is 43.4 Å². The molecule has 11 heteroatoms. The molecule has 29 heavy (non-hydrogen) atoms. The molecule has 0 saturated carbocycles. The Bertz CT molecular complexity index is 894. The maximum Gasteiger partial charge on any atom is 0.240 e. The van der Waals surface area contributed by atoms with E-state index < -0.39 is 10.0 Å². The summed E-state index contributed by atoms with van der Waals surface area (Å²) in [5, 5.41) is 6.92. The van der Waals surface area contributed by atoms with Gasteiger partial charge < -0.3 is 14.0 Å². The van der Waals surface area contributed by atoms with Crippen LogP contribution in [0.4, 0.5) is 0 Å². The standard InChI is InChI=1S/C18H27N5O5S/c1-13-4-5-16(18-14(2)22-28-15(18)3)12-17(13)29(24,25)21-7-9-27-11-10-26-8-6-20-23-19/h4-5,12,21H,6-11H2,1-3H3,(H2,19,20). The quantitative estimate of drug-likeness (QED) is 0.254. The summed E-state index contributed by atoms with van der Waals surface area (Å²) in [6.07, 6.45) is 0. The number of nitrogens with one attached hydrogen (secondary N) is 3. The van der Waals surface area contributed by atoms with Crippen molar-refractivity contribution in [1.29, 1.82) is 5.53 Å². The van der Waals surface area contributed by atoms with Crippen LogP contribution in [0.5, 0.6) is 0 Å². The maximum atomic E-state index is 12.7. The second kappa shape index (κ2) is 11.0. The number of nitrogens with zero attached hydrogens (tertiary/aromatic N) is 2. The molecule has 1 heterocycles. The van der Waals surface area contributed by atoms with Gasteiger partial charge in [-0.1, -0.05) is 22.5 Å². The van der Waals surface area contributed by atoms with E-state index >= 15 is 0 Å². The first kappa shape index (κ1) is 22.9. The summed E-state index contributed by atoms with van der Waals surface area (Å²) in [6.45, 7) is 7.34. The minimum atomic E-state index is -3.69. The molecule has 0 bridgehead atoms. The van der Waals surface area contributed by atoms with Crippen LogP contribution in [0.1, 0.15) is 17.0 Å². The summed E-state index contributed by atoms with van der Waals surface area (Å²) in [5.74, 6) is 0.642.